The molecule has 140 valence electrons. The van der Waals surface area contributed by atoms with Crippen LogP contribution in [-0.2, 0) is 0 Å². The highest BCUT2D eigenvalue weighted by molar-refractivity contribution is 7.00. The highest BCUT2D eigenvalue weighted by atomic mass is 32.1. The molecule has 3 heteroatoms. The lowest BCUT2D eigenvalue weighted by Gasteiger charge is -2.20. The number of benzene rings is 1. The molecule has 0 spiro atoms. The van der Waals surface area contributed by atoms with E-state index < -0.39 is 0 Å². The fourth-order valence-corrected chi connectivity index (χ4v) is 4.66. The second-order valence-corrected chi connectivity index (χ2v) is 7.99. The molecule has 0 radical (unpaired) electrons. The van der Waals surface area contributed by atoms with Crippen molar-refractivity contribution in [3.8, 4) is 0 Å². The van der Waals surface area contributed by atoms with E-state index in [1.807, 2.05) is 0 Å². The normalized spacial score (nSPS) is 14.1. The van der Waals surface area contributed by atoms with Gasteiger partial charge < -0.3 is 0 Å². The lowest BCUT2D eigenvalue weighted by Crippen LogP contribution is -2.04. The van der Waals surface area contributed by atoms with Crippen LogP contribution in [0.3, 0.4) is 0 Å². The van der Waals surface area contributed by atoms with Crippen LogP contribution in [0.15, 0.2) is 12.1 Å². The van der Waals surface area contributed by atoms with Crippen molar-refractivity contribution in [3.05, 3.63) is 23.3 Å². The summed E-state index contributed by atoms with van der Waals surface area (Å²) in [5.41, 5.74) is 5.31. The third kappa shape index (κ3) is 5.26. The zero-order valence-corrected chi connectivity index (χ0v) is 17.5. The van der Waals surface area contributed by atoms with E-state index in [0.29, 0.717) is 11.8 Å². The molecule has 2 aromatic rings. The largest absolute Gasteiger partial charge is 0.173 e. The topological polar surface area (TPSA) is 25.8 Å². The molecule has 0 aliphatic carbocycles. The van der Waals surface area contributed by atoms with Gasteiger partial charge in [-0.15, -0.1) is 0 Å². The molecule has 0 fully saturated rings. The molecule has 0 aliphatic heterocycles. The molecule has 0 bridgehead atoms. The molecule has 25 heavy (non-hydrogen) atoms. The van der Waals surface area contributed by atoms with Gasteiger partial charge in [0.1, 0.15) is 11.0 Å². The van der Waals surface area contributed by atoms with Gasteiger partial charge in [0, 0.05) is 0 Å². The van der Waals surface area contributed by atoms with Crippen LogP contribution in [0.2, 0.25) is 0 Å². The molecule has 0 aliphatic rings. The minimum atomic E-state index is 0.644. The van der Waals surface area contributed by atoms with E-state index in [1.165, 1.54) is 98.1 Å². The fourth-order valence-electron chi connectivity index (χ4n) is 4.07. The van der Waals surface area contributed by atoms with Crippen molar-refractivity contribution in [1.82, 2.24) is 8.75 Å². The van der Waals surface area contributed by atoms with Crippen LogP contribution < -0.4 is 0 Å². The summed E-state index contributed by atoms with van der Waals surface area (Å²) in [7, 11) is 0. The number of unbranched alkanes of at least 4 members (excludes halogenated alkanes) is 2. The summed E-state index contributed by atoms with van der Waals surface area (Å²) in [5, 5.41) is 0. The summed E-state index contributed by atoms with van der Waals surface area (Å²) in [4.78, 5) is 0. The summed E-state index contributed by atoms with van der Waals surface area (Å²) < 4.78 is 9.49. The van der Waals surface area contributed by atoms with Gasteiger partial charge in [0.25, 0.3) is 0 Å². The lowest BCUT2D eigenvalue weighted by atomic mass is 9.84. The number of hydrogen-bond donors (Lipinski definition) is 0. The van der Waals surface area contributed by atoms with Gasteiger partial charge in [-0.3, -0.25) is 0 Å². The smallest absolute Gasteiger partial charge is 0.108 e. The number of aromatic nitrogens is 2. The van der Waals surface area contributed by atoms with E-state index in [0.717, 1.165) is 0 Å². The monoisotopic (exact) mass is 360 g/mol. The Balaban J connectivity index is 2.38. The highest BCUT2D eigenvalue weighted by Gasteiger charge is 2.21. The first-order valence-corrected chi connectivity index (χ1v) is 11.2. The van der Waals surface area contributed by atoms with E-state index in [4.69, 9.17) is 8.75 Å². The summed E-state index contributed by atoms with van der Waals surface area (Å²) in [6.07, 6.45) is 12.7. The SMILES string of the molecule is CCCCC(CCC)c1ccc(C(CCC)CCCC)c2nsnc12. The van der Waals surface area contributed by atoms with Crippen molar-refractivity contribution >= 4 is 22.8 Å². The Bertz CT molecular complexity index is 568. The Labute approximate surface area is 158 Å². The quantitative estimate of drug-likeness (QED) is 0.385. The van der Waals surface area contributed by atoms with Gasteiger partial charge in [0.15, 0.2) is 0 Å². The molecular weight excluding hydrogens is 324 g/mol. The van der Waals surface area contributed by atoms with E-state index in [-0.39, 0.29) is 0 Å². The van der Waals surface area contributed by atoms with Gasteiger partial charge in [-0.1, -0.05) is 78.4 Å². The Morgan fingerprint density at radius 1 is 0.680 bits per heavy atom. The second kappa shape index (κ2) is 10.9. The summed E-state index contributed by atoms with van der Waals surface area (Å²) in [6.45, 7) is 9.17. The Morgan fingerprint density at radius 2 is 1.12 bits per heavy atom. The minimum absolute atomic E-state index is 0.644. The zero-order chi connectivity index (χ0) is 18.1. The lowest BCUT2D eigenvalue weighted by molar-refractivity contribution is 0.538. The van der Waals surface area contributed by atoms with Crippen molar-refractivity contribution in [1.29, 1.82) is 0 Å². The van der Waals surface area contributed by atoms with Crippen LogP contribution in [0, 0.1) is 0 Å². The molecule has 2 atom stereocenters. The first kappa shape index (κ1) is 20.4. The molecule has 2 unspecified atom stereocenters. The van der Waals surface area contributed by atoms with Gasteiger partial charge in [-0.05, 0) is 48.6 Å². The first-order chi connectivity index (χ1) is 12.3. The average Bonchev–Trinajstić information content (AvgIpc) is 3.11. The standard InChI is InChI=1S/C22H36N2S/c1-5-9-13-17(11-7-3)19-15-16-20(22-21(19)23-25-24-22)18(12-8-4)14-10-6-2/h15-18H,5-14H2,1-4H3. The summed E-state index contributed by atoms with van der Waals surface area (Å²) in [6, 6.07) is 4.79. The van der Waals surface area contributed by atoms with Gasteiger partial charge in [0.05, 0.1) is 11.7 Å². The van der Waals surface area contributed by atoms with E-state index in [1.54, 1.807) is 0 Å². The minimum Gasteiger partial charge on any atom is -0.173 e. The van der Waals surface area contributed by atoms with Gasteiger partial charge >= 0.3 is 0 Å². The Morgan fingerprint density at radius 3 is 1.48 bits per heavy atom. The molecule has 1 heterocycles. The van der Waals surface area contributed by atoms with Gasteiger partial charge in [-0.25, -0.2) is 0 Å². The van der Waals surface area contributed by atoms with Crippen LogP contribution in [0.1, 0.15) is 115 Å². The van der Waals surface area contributed by atoms with Crippen LogP contribution >= 0.6 is 11.7 Å². The van der Waals surface area contributed by atoms with Gasteiger partial charge in [-0.2, -0.15) is 8.75 Å². The molecule has 0 saturated heterocycles. The van der Waals surface area contributed by atoms with Crippen LogP contribution in [0.5, 0.6) is 0 Å². The Hall–Kier alpha value is -0.960. The maximum absolute atomic E-state index is 4.74. The van der Waals surface area contributed by atoms with Crippen molar-refractivity contribution < 1.29 is 0 Å². The van der Waals surface area contributed by atoms with Crippen LogP contribution in [0.4, 0.5) is 0 Å². The maximum atomic E-state index is 4.74. The summed E-state index contributed by atoms with van der Waals surface area (Å²) >= 11 is 1.40. The van der Waals surface area contributed by atoms with E-state index in [9.17, 15) is 0 Å². The molecule has 0 amide bonds. The van der Waals surface area contributed by atoms with Crippen LogP contribution in [-0.4, -0.2) is 8.75 Å². The number of rotatable bonds is 12. The van der Waals surface area contributed by atoms with Crippen molar-refractivity contribution in [2.45, 2.75) is 104 Å². The van der Waals surface area contributed by atoms with E-state index >= 15 is 0 Å². The zero-order valence-electron chi connectivity index (χ0n) is 16.7. The first-order valence-electron chi connectivity index (χ1n) is 10.5. The second-order valence-electron chi connectivity index (χ2n) is 7.46. The third-order valence-corrected chi connectivity index (χ3v) is 5.97. The van der Waals surface area contributed by atoms with E-state index in [2.05, 4.69) is 39.8 Å². The predicted molar refractivity (Wildman–Crippen MR) is 112 cm³/mol. The molecule has 0 saturated carbocycles. The molecule has 2 nitrogen and oxygen atoms in total. The molecule has 2 rings (SSSR count). The van der Waals surface area contributed by atoms with Gasteiger partial charge in [0.2, 0.25) is 0 Å². The Kier molecular flexibility index (Phi) is 8.88. The highest BCUT2D eigenvalue weighted by Crippen LogP contribution is 2.37. The molecular formula is C22H36N2S. The number of nitrogens with zero attached hydrogens (tertiary/aromatic N) is 2. The van der Waals surface area contributed by atoms with Crippen molar-refractivity contribution in [3.63, 3.8) is 0 Å². The molecule has 0 N–H and O–H groups in total. The maximum Gasteiger partial charge on any atom is 0.108 e. The van der Waals surface area contributed by atoms with Crippen molar-refractivity contribution in [2.24, 2.45) is 0 Å². The number of hydrogen-bond acceptors (Lipinski definition) is 3. The average molecular weight is 361 g/mol. The molecule has 1 aromatic carbocycles. The summed E-state index contributed by atoms with van der Waals surface area (Å²) in [5.74, 6) is 1.29. The predicted octanol–water partition coefficient (Wildman–Crippen LogP) is 7.84. The third-order valence-electron chi connectivity index (χ3n) is 5.44. The van der Waals surface area contributed by atoms with Crippen LogP contribution in [0.25, 0.3) is 11.0 Å². The molecule has 1 aromatic heterocycles. The van der Waals surface area contributed by atoms with Crippen molar-refractivity contribution in [2.75, 3.05) is 0 Å². The number of fused-ring (bicyclic) bond motifs is 1. The fraction of sp³-hybridized carbons (Fsp3) is 0.727.